The number of hydrogen-bond donors (Lipinski definition) is 0. The normalized spacial score (nSPS) is 10.7. The van der Waals surface area contributed by atoms with E-state index in [1.54, 1.807) is 7.11 Å². The number of quaternary nitrogens is 1. The van der Waals surface area contributed by atoms with Crippen molar-refractivity contribution in [3.8, 4) is 0 Å². The topological polar surface area (TPSA) is 9.23 Å². The first-order valence-electron chi connectivity index (χ1n) is 6.98. The number of nitrogens with zero attached hydrogens (tertiary/aromatic N) is 1. The molecule has 0 N–H and O–H groups in total. The number of likely N-dealkylation sites (N-methyl/N-ethyl adjacent to an activating group) is 1. The Kier molecular flexibility index (Phi) is 9.62. The number of methoxy groups -OCH3 is 1. The third-order valence-corrected chi connectivity index (χ3v) is 3.61. The van der Waals surface area contributed by atoms with Crippen molar-refractivity contribution >= 4 is 0 Å². The van der Waals surface area contributed by atoms with Gasteiger partial charge in [-0.15, -0.1) is 0 Å². The van der Waals surface area contributed by atoms with Crippen LogP contribution in [0.25, 0.3) is 0 Å². The average Bonchev–Trinajstić information content (AvgIpc) is 2.46. The fourth-order valence-electron chi connectivity index (χ4n) is 1.57. The van der Waals surface area contributed by atoms with E-state index in [0.29, 0.717) is 0 Å². The van der Waals surface area contributed by atoms with Crippen LogP contribution >= 0.6 is 0 Å². The molecule has 104 valence electrons. The van der Waals surface area contributed by atoms with Crippen LogP contribution in [0.3, 0.4) is 0 Å². The number of benzene rings is 1. The Balaban J connectivity index is 0.000000327. The van der Waals surface area contributed by atoms with E-state index in [9.17, 15) is 0 Å². The zero-order valence-electron chi connectivity index (χ0n) is 12.8. The lowest BCUT2D eigenvalue weighted by Gasteiger charge is -2.31. The second-order valence-electron chi connectivity index (χ2n) is 4.81. The summed E-state index contributed by atoms with van der Waals surface area (Å²) in [4.78, 5) is 0. The van der Waals surface area contributed by atoms with Crippen LogP contribution in [0, 0.1) is 0 Å². The molecule has 0 fully saturated rings. The fourth-order valence-corrected chi connectivity index (χ4v) is 1.57. The van der Waals surface area contributed by atoms with Crippen molar-refractivity contribution < 1.29 is 9.22 Å². The first kappa shape index (κ1) is 17.1. The van der Waals surface area contributed by atoms with E-state index in [1.165, 1.54) is 18.7 Å². The monoisotopic (exact) mass is 252 g/mol. The molecule has 18 heavy (non-hydrogen) atoms. The van der Waals surface area contributed by atoms with Gasteiger partial charge in [0.05, 0.1) is 26.7 Å². The molecule has 2 heteroatoms. The summed E-state index contributed by atoms with van der Waals surface area (Å²) in [6.45, 7) is 11.0. The zero-order valence-corrected chi connectivity index (χ0v) is 12.8. The molecule has 0 aromatic heterocycles. The molecule has 0 spiro atoms. The van der Waals surface area contributed by atoms with Crippen molar-refractivity contribution in [1.82, 2.24) is 0 Å². The van der Waals surface area contributed by atoms with Gasteiger partial charge in [-0.1, -0.05) is 37.3 Å². The van der Waals surface area contributed by atoms with Crippen molar-refractivity contribution in [1.29, 1.82) is 0 Å². The van der Waals surface area contributed by atoms with Gasteiger partial charge in [-0.05, 0) is 25.8 Å². The van der Waals surface area contributed by atoms with E-state index < -0.39 is 0 Å². The van der Waals surface area contributed by atoms with Crippen molar-refractivity contribution in [2.45, 2.75) is 27.2 Å². The number of rotatable bonds is 6. The number of aryl methyl sites for hydroxylation is 1. The van der Waals surface area contributed by atoms with Gasteiger partial charge >= 0.3 is 0 Å². The van der Waals surface area contributed by atoms with E-state index in [-0.39, 0.29) is 0 Å². The molecule has 1 aromatic rings. The second-order valence-corrected chi connectivity index (χ2v) is 4.81. The highest BCUT2D eigenvalue weighted by atomic mass is 16.5. The number of hydrogen-bond acceptors (Lipinski definition) is 1. The lowest BCUT2D eigenvalue weighted by Crippen LogP contribution is -2.45. The van der Waals surface area contributed by atoms with Gasteiger partial charge in [0, 0.05) is 7.11 Å². The van der Waals surface area contributed by atoms with Crippen LogP contribution in [0.15, 0.2) is 30.3 Å². The molecule has 0 heterocycles. The Morgan fingerprint density at radius 3 is 1.89 bits per heavy atom. The summed E-state index contributed by atoms with van der Waals surface area (Å²) in [5, 5.41) is 0. The molecule has 0 amide bonds. The highest BCUT2D eigenvalue weighted by Gasteiger charge is 2.14. The van der Waals surface area contributed by atoms with Gasteiger partial charge in [0.1, 0.15) is 6.54 Å². The van der Waals surface area contributed by atoms with Crippen LogP contribution in [0.1, 0.15) is 26.3 Å². The molecule has 1 rings (SSSR count). The maximum atomic E-state index is 5.03. The Morgan fingerprint density at radius 1 is 1.00 bits per heavy atom. The SMILES string of the molecule is CC[N+](C)(CC)CCOC.CCc1ccccc1. The van der Waals surface area contributed by atoms with Crippen LogP contribution < -0.4 is 0 Å². The quantitative estimate of drug-likeness (QED) is 0.705. The van der Waals surface area contributed by atoms with Gasteiger partial charge in [-0.3, -0.25) is 0 Å². The molecular weight excluding hydrogens is 222 g/mol. The van der Waals surface area contributed by atoms with Crippen molar-refractivity contribution in [3.63, 3.8) is 0 Å². The first-order chi connectivity index (χ1) is 8.61. The molecule has 0 saturated carbocycles. The van der Waals surface area contributed by atoms with Crippen LogP contribution in [-0.2, 0) is 11.2 Å². The molecule has 0 aliphatic heterocycles. The van der Waals surface area contributed by atoms with Crippen LogP contribution in [0.5, 0.6) is 0 Å². The molecule has 0 aliphatic carbocycles. The maximum Gasteiger partial charge on any atom is 0.102 e. The molecule has 2 nitrogen and oxygen atoms in total. The minimum Gasteiger partial charge on any atom is -0.379 e. The minimum absolute atomic E-state index is 0.873. The van der Waals surface area contributed by atoms with Crippen LogP contribution in [-0.4, -0.2) is 44.9 Å². The Morgan fingerprint density at radius 2 is 1.56 bits per heavy atom. The molecule has 0 saturated heterocycles. The smallest absolute Gasteiger partial charge is 0.102 e. The lowest BCUT2D eigenvalue weighted by molar-refractivity contribution is -0.906. The van der Waals surface area contributed by atoms with Gasteiger partial charge in [-0.25, -0.2) is 0 Å². The standard InChI is InChI=1S/C8H20NO.C8H10/c1-5-9(3,6-2)7-8-10-4;1-2-8-6-4-3-5-7-8/h5-8H2,1-4H3;3-7H,2H2,1H3/q+1;. The molecule has 0 bridgehead atoms. The summed E-state index contributed by atoms with van der Waals surface area (Å²) in [6, 6.07) is 10.5. The van der Waals surface area contributed by atoms with E-state index in [1.807, 2.05) is 6.07 Å². The number of ether oxygens (including phenoxy) is 1. The summed E-state index contributed by atoms with van der Waals surface area (Å²) in [5.41, 5.74) is 1.41. The predicted octanol–water partition coefficient (Wildman–Crippen LogP) is 3.37. The van der Waals surface area contributed by atoms with Gasteiger partial charge < -0.3 is 9.22 Å². The molecule has 1 aromatic carbocycles. The Bertz CT molecular complexity index is 280. The van der Waals surface area contributed by atoms with E-state index in [2.05, 4.69) is 52.1 Å². The second kappa shape index (κ2) is 10.1. The molecule has 0 unspecified atom stereocenters. The van der Waals surface area contributed by atoms with Crippen molar-refractivity contribution in [2.75, 3.05) is 40.4 Å². The predicted molar refractivity (Wildman–Crippen MR) is 79.8 cm³/mol. The minimum atomic E-state index is 0.873. The largest absolute Gasteiger partial charge is 0.379 e. The summed E-state index contributed by atoms with van der Waals surface area (Å²) >= 11 is 0. The summed E-state index contributed by atoms with van der Waals surface area (Å²) < 4.78 is 6.14. The maximum absolute atomic E-state index is 5.03. The van der Waals surface area contributed by atoms with Crippen LogP contribution in [0.2, 0.25) is 0 Å². The van der Waals surface area contributed by atoms with Crippen LogP contribution in [0.4, 0.5) is 0 Å². The average molecular weight is 252 g/mol. The van der Waals surface area contributed by atoms with E-state index in [4.69, 9.17) is 4.74 Å². The third kappa shape index (κ3) is 7.46. The first-order valence-corrected chi connectivity index (χ1v) is 6.98. The highest BCUT2D eigenvalue weighted by Crippen LogP contribution is 1.99. The lowest BCUT2D eigenvalue weighted by atomic mass is 10.2. The van der Waals surface area contributed by atoms with Gasteiger partial charge in [-0.2, -0.15) is 0 Å². The fraction of sp³-hybridized carbons (Fsp3) is 0.625. The Hall–Kier alpha value is -0.860. The summed E-state index contributed by atoms with van der Waals surface area (Å²) in [6.07, 6.45) is 1.14. The summed E-state index contributed by atoms with van der Waals surface area (Å²) in [5.74, 6) is 0. The molecular formula is C16H30NO+. The summed E-state index contributed by atoms with van der Waals surface area (Å²) in [7, 11) is 4.02. The third-order valence-electron chi connectivity index (χ3n) is 3.61. The zero-order chi connectivity index (χ0) is 13.9. The molecule has 0 atom stereocenters. The van der Waals surface area contributed by atoms with Gasteiger partial charge in [0.15, 0.2) is 0 Å². The van der Waals surface area contributed by atoms with Crippen molar-refractivity contribution in [2.24, 2.45) is 0 Å². The Labute approximate surface area is 113 Å². The highest BCUT2D eigenvalue weighted by molar-refractivity contribution is 5.13. The van der Waals surface area contributed by atoms with E-state index in [0.717, 1.165) is 24.1 Å². The van der Waals surface area contributed by atoms with E-state index >= 15 is 0 Å². The molecule has 0 aliphatic rings. The molecule has 0 radical (unpaired) electrons. The van der Waals surface area contributed by atoms with Gasteiger partial charge in [0.25, 0.3) is 0 Å². The van der Waals surface area contributed by atoms with Gasteiger partial charge in [0.2, 0.25) is 0 Å². The van der Waals surface area contributed by atoms with Crippen molar-refractivity contribution in [3.05, 3.63) is 35.9 Å².